The average Bonchev–Trinajstić information content (AvgIpc) is 2.66. The second-order valence-electron chi connectivity index (χ2n) is 7.35. The van der Waals surface area contributed by atoms with Crippen LogP contribution in [0.1, 0.15) is 34.3 Å². The Morgan fingerprint density at radius 1 is 0.704 bits per heavy atom. The van der Waals surface area contributed by atoms with E-state index in [9.17, 15) is 5.21 Å². The highest BCUT2D eigenvalue weighted by atomic mass is 16.5. The van der Waals surface area contributed by atoms with Crippen LogP contribution in [0.25, 0.3) is 0 Å². The fourth-order valence-corrected chi connectivity index (χ4v) is 4.63. The van der Waals surface area contributed by atoms with Crippen LogP contribution in [0.3, 0.4) is 0 Å². The van der Waals surface area contributed by atoms with Gasteiger partial charge in [0.2, 0.25) is 0 Å². The SMILES string of the molecule is COc1cc2c(cc1OC)[C@@H]1Cc3cc(OC)c(OC)cc3[C@H](C2)[N+]1(C)O. The normalized spacial score (nSPS) is 25.3. The summed E-state index contributed by atoms with van der Waals surface area (Å²) in [5.74, 6) is 2.81. The topological polar surface area (TPSA) is 57.2 Å². The van der Waals surface area contributed by atoms with Gasteiger partial charge in [-0.3, -0.25) is 0 Å². The van der Waals surface area contributed by atoms with E-state index in [0.717, 1.165) is 22.6 Å². The van der Waals surface area contributed by atoms with Crippen molar-refractivity contribution in [2.24, 2.45) is 0 Å². The van der Waals surface area contributed by atoms with E-state index in [0.29, 0.717) is 24.3 Å². The molecule has 0 radical (unpaired) electrons. The average molecular weight is 372 g/mol. The lowest BCUT2D eigenvalue weighted by molar-refractivity contribution is -1.14. The number of hydroxylamine groups is 3. The number of likely N-dealkylation sites (N-methyl/N-ethyl adjacent to an activating group) is 1. The van der Waals surface area contributed by atoms with Gasteiger partial charge in [0.25, 0.3) is 0 Å². The first-order chi connectivity index (χ1) is 12.9. The van der Waals surface area contributed by atoms with Gasteiger partial charge in [-0.1, -0.05) is 0 Å². The molecular formula is C21H26NO5+. The van der Waals surface area contributed by atoms with Crippen molar-refractivity contribution in [3.05, 3.63) is 46.5 Å². The molecule has 1 N–H and O–H groups in total. The Labute approximate surface area is 159 Å². The maximum Gasteiger partial charge on any atom is 0.161 e. The summed E-state index contributed by atoms with van der Waals surface area (Å²) in [6.45, 7) is 0. The van der Waals surface area contributed by atoms with Crippen LogP contribution in [0.15, 0.2) is 24.3 Å². The van der Waals surface area contributed by atoms with Gasteiger partial charge in [-0.15, -0.1) is 0 Å². The van der Waals surface area contributed by atoms with Crippen molar-refractivity contribution in [1.82, 2.24) is 0 Å². The molecule has 6 nitrogen and oxygen atoms in total. The number of benzene rings is 2. The Hall–Kier alpha value is -2.44. The molecule has 0 saturated heterocycles. The number of ether oxygens (including phenoxy) is 4. The van der Waals surface area contributed by atoms with Gasteiger partial charge in [0.1, 0.15) is 12.1 Å². The van der Waals surface area contributed by atoms with E-state index in [4.69, 9.17) is 18.9 Å². The van der Waals surface area contributed by atoms with Crippen molar-refractivity contribution in [3.63, 3.8) is 0 Å². The van der Waals surface area contributed by atoms with Crippen LogP contribution in [0, 0.1) is 0 Å². The molecule has 2 heterocycles. The fraction of sp³-hybridized carbons (Fsp3) is 0.429. The van der Waals surface area contributed by atoms with E-state index < -0.39 is 0 Å². The van der Waals surface area contributed by atoms with Gasteiger partial charge in [-0.2, -0.15) is 4.65 Å². The van der Waals surface area contributed by atoms with Crippen molar-refractivity contribution >= 4 is 0 Å². The molecular weight excluding hydrogens is 346 g/mol. The Morgan fingerprint density at radius 2 is 1.04 bits per heavy atom. The summed E-state index contributed by atoms with van der Waals surface area (Å²) in [5, 5.41) is 11.4. The minimum atomic E-state index is -0.0795. The van der Waals surface area contributed by atoms with Gasteiger partial charge in [-0.25, -0.2) is 5.21 Å². The van der Waals surface area contributed by atoms with Crippen LogP contribution < -0.4 is 18.9 Å². The Balaban J connectivity index is 1.89. The summed E-state index contributed by atoms with van der Waals surface area (Å²) >= 11 is 0. The zero-order valence-corrected chi connectivity index (χ0v) is 16.4. The highest BCUT2D eigenvalue weighted by Crippen LogP contribution is 2.53. The van der Waals surface area contributed by atoms with Gasteiger partial charge in [0.05, 0.1) is 35.5 Å². The summed E-state index contributed by atoms with van der Waals surface area (Å²) in [6, 6.07) is 7.94. The highest BCUT2D eigenvalue weighted by molar-refractivity contribution is 5.54. The zero-order valence-electron chi connectivity index (χ0n) is 16.4. The number of quaternary nitrogens is 1. The number of hydrogen-bond donors (Lipinski definition) is 1. The van der Waals surface area contributed by atoms with Crippen LogP contribution in [0.4, 0.5) is 0 Å². The molecule has 4 rings (SSSR count). The van der Waals surface area contributed by atoms with Gasteiger partial charge in [-0.05, 0) is 35.4 Å². The number of rotatable bonds is 4. The van der Waals surface area contributed by atoms with Gasteiger partial charge < -0.3 is 18.9 Å². The lowest BCUT2D eigenvalue weighted by atomic mass is 9.76. The lowest BCUT2D eigenvalue weighted by Gasteiger charge is -2.48. The molecule has 0 aromatic heterocycles. The van der Waals surface area contributed by atoms with E-state index in [1.807, 2.05) is 31.3 Å². The third-order valence-corrected chi connectivity index (χ3v) is 6.10. The minimum Gasteiger partial charge on any atom is -0.493 e. The number of hydrogen-bond acceptors (Lipinski definition) is 5. The van der Waals surface area contributed by atoms with E-state index >= 15 is 0 Å². The molecule has 0 spiro atoms. The molecule has 0 saturated carbocycles. The first-order valence-electron chi connectivity index (χ1n) is 9.02. The Bertz CT molecular complexity index is 821. The Morgan fingerprint density at radius 3 is 1.37 bits per heavy atom. The molecule has 144 valence electrons. The van der Waals surface area contributed by atoms with Gasteiger partial charge >= 0.3 is 0 Å². The summed E-state index contributed by atoms with van der Waals surface area (Å²) in [4.78, 5) is 0. The van der Waals surface area contributed by atoms with Crippen molar-refractivity contribution in [2.75, 3.05) is 35.5 Å². The van der Waals surface area contributed by atoms with Crippen LogP contribution in [-0.2, 0) is 12.8 Å². The molecule has 6 heteroatoms. The van der Waals surface area contributed by atoms with Gasteiger partial charge in [0, 0.05) is 24.0 Å². The van der Waals surface area contributed by atoms with Crippen molar-refractivity contribution in [3.8, 4) is 23.0 Å². The second kappa shape index (κ2) is 6.32. The number of fused-ring (bicyclic) bond motifs is 6. The standard InChI is InChI=1S/C21H26NO5/c1-22(23)16-6-12-8-18(24-2)20(26-4)10-14(12)17(22)7-13-9-19(25-3)21(27-5)11-15(13)16/h8-11,16-17,23H,6-7H2,1-5H3/q+1/t16-,17-/m0/s1. The van der Waals surface area contributed by atoms with E-state index in [1.165, 1.54) is 11.1 Å². The maximum atomic E-state index is 11.4. The summed E-state index contributed by atoms with van der Waals surface area (Å²) < 4.78 is 21.9. The first kappa shape index (κ1) is 17.9. The zero-order chi connectivity index (χ0) is 19.3. The molecule has 2 aliphatic heterocycles. The molecule has 2 atom stereocenters. The van der Waals surface area contributed by atoms with Crippen molar-refractivity contribution < 1.29 is 28.8 Å². The number of methoxy groups -OCH3 is 4. The number of nitrogens with zero attached hydrogens (tertiary/aromatic N) is 1. The summed E-state index contributed by atoms with van der Waals surface area (Å²) in [7, 11) is 8.44. The Kier molecular flexibility index (Phi) is 4.20. The van der Waals surface area contributed by atoms with Gasteiger partial charge in [0.15, 0.2) is 23.0 Å². The van der Waals surface area contributed by atoms with Crippen molar-refractivity contribution in [2.45, 2.75) is 24.9 Å². The molecule has 0 aliphatic carbocycles. The predicted octanol–water partition coefficient (Wildman–Crippen LogP) is 3.45. The smallest absolute Gasteiger partial charge is 0.161 e. The second-order valence-corrected chi connectivity index (χ2v) is 7.35. The molecule has 0 fully saturated rings. The fourth-order valence-electron chi connectivity index (χ4n) is 4.63. The van der Waals surface area contributed by atoms with Crippen LogP contribution in [0.5, 0.6) is 23.0 Å². The summed E-state index contributed by atoms with van der Waals surface area (Å²) in [6.07, 6.45) is 1.42. The predicted molar refractivity (Wildman–Crippen MR) is 100.0 cm³/mol. The molecule has 2 aliphatic rings. The van der Waals surface area contributed by atoms with E-state index in [-0.39, 0.29) is 16.7 Å². The monoisotopic (exact) mass is 372 g/mol. The largest absolute Gasteiger partial charge is 0.493 e. The quantitative estimate of drug-likeness (QED) is 0.833. The molecule has 27 heavy (non-hydrogen) atoms. The molecule has 2 aromatic rings. The molecule has 2 bridgehead atoms. The van der Waals surface area contributed by atoms with E-state index in [1.54, 1.807) is 28.4 Å². The van der Waals surface area contributed by atoms with E-state index in [2.05, 4.69) is 0 Å². The van der Waals surface area contributed by atoms with Crippen LogP contribution in [0.2, 0.25) is 0 Å². The van der Waals surface area contributed by atoms with Crippen LogP contribution >= 0.6 is 0 Å². The maximum absolute atomic E-state index is 11.4. The lowest BCUT2D eigenvalue weighted by Crippen LogP contribution is -2.54. The van der Waals surface area contributed by atoms with Crippen LogP contribution in [-0.4, -0.2) is 45.3 Å². The third-order valence-electron chi connectivity index (χ3n) is 6.10. The third kappa shape index (κ3) is 2.55. The highest BCUT2D eigenvalue weighted by Gasteiger charge is 2.51. The minimum absolute atomic E-state index is 0.0784. The summed E-state index contributed by atoms with van der Waals surface area (Å²) in [5.41, 5.74) is 4.59. The molecule has 2 aromatic carbocycles. The molecule has 0 amide bonds. The van der Waals surface area contributed by atoms with Crippen molar-refractivity contribution in [1.29, 1.82) is 0 Å². The molecule has 0 unspecified atom stereocenters. The first-order valence-corrected chi connectivity index (χ1v) is 9.02.